The minimum atomic E-state index is -3.58. The van der Waals surface area contributed by atoms with E-state index in [2.05, 4.69) is 0 Å². The second kappa shape index (κ2) is 6.49. The SMILES string of the molecule is CCCS(=O)(=O)CCS(=O)(=O)c1cccc(CN)c1. The Kier molecular flexibility index (Phi) is 5.51. The van der Waals surface area contributed by atoms with E-state index in [9.17, 15) is 16.8 Å². The molecule has 0 aliphatic rings. The molecule has 2 N–H and O–H groups in total. The summed E-state index contributed by atoms with van der Waals surface area (Å²) in [4.78, 5) is 0.127. The van der Waals surface area contributed by atoms with E-state index < -0.39 is 19.7 Å². The van der Waals surface area contributed by atoms with Gasteiger partial charge in [-0.3, -0.25) is 0 Å². The Bertz CT molecular complexity index is 621. The summed E-state index contributed by atoms with van der Waals surface area (Å²) in [6.07, 6.45) is 0.491. The lowest BCUT2D eigenvalue weighted by atomic mass is 10.2. The maximum Gasteiger partial charge on any atom is 0.179 e. The van der Waals surface area contributed by atoms with Crippen LogP contribution in [0.2, 0.25) is 0 Å². The van der Waals surface area contributed by atoms with Crippen molar-refractivity contribution in [1.82, 2.24) is 0 Å². The van der Waals surface area contributed by atoms with Gasteiger partial charge >= 0.3 is 0 Å². The van der Waals surface area contributed by atoms with Crippen LogP contribution in [-0.4, -0.2) is 34.1 Å². The third-order valence-electron chi connectivity index (χ3n) is 2.67. The van der Waals surface area contributed by atoms with E-state index in [0.717, 1.165) is 0 Å². The van der Waals surface area contributed by atoms with Gasteiger partial charge in [-0.05, 0) is 24.1 Å². The molecule has 0 aliphatic carbocycles. The monoisotopic (exact) mass is 305 g/mol. The molecule has 0 saturated carbocycles. The molecule has 19 heavy (non-hydrogen) atoms. The largest absolute Gasteiger partial charge is 0.326 e. The highest BCUT2D eigenvalue weighted by Gasteiger charge is 2.19. The zero-order valence-electron chi connectivity index (χ0n) is 10.9. The zero-order valence-corrected chi connectivity index (χ0v) is 12.5. The molecule has 0 atom stereocenters. The van der Waals surface area contributed by atoms with E-state index in [1.54, 1.807) is 19.1 Å². The molecule has 0 unspecified atom stereocenters. The van der Waals surface area contributed by atoms with Crippen LogP contribution >= 0.6 is 0 Å². The Morgan fingerprint density at radius 1 is 1.05 bits per heavy atom. The Labute approximate surface area is 114 Å². The number of rotatable bonds is 7. The van der Waals surface area contributed by atoms with Gasteiger partial charge in [0.05, 0.1) is 16.4 Å². The van der Waals surface area contributed by atoms with E-state index in [4.69, 9.17) is 5.73 Å². The molecule has 5 nitrogen and oxygen atoms in total. The summed E-state index contributed by atoms with van der Waals surface area (Å²) in [7, 11) is -6.87. The summed E-state index contributed by atoms with van der Waals surface area (Å²) in [5, 5.41) is 0. The highest BCUT2D eigenvalue weighted by molar-refractivity contribution is 7.95. The Morgan fingerprint density at radius 2 is 1.74 bits per heavy atom. The van der Waals surface area contributed by atoms with Crippen molar-refractivity contribution in [3.63, 3.8) is 0 Å². The second-order valence-electron chi connectivity index (χ2n) is 4.32. The summed E-state index contributed by atoms with van der Waals surface area (Å²) < 4.78 is 47.2. The van der Waals surface area contributed by atoms with Gasteiger partial charge in [-0.25, -0.2) is 16.8 Å². The molecule has 108 valence electrons. The van der Waals surface area contributed by atoms with Crippen LogP contribution < -0.4 is 5.73 Å². The molecule has 0 amide bonds. The molecule has 0 radical (unpaired) electrons. The first kappa shape index (κ1) is 16.1. The number of sulfone groups is 2. The summed E-state index contributed by atoms with van der Waals surface area (Å²) in [6.45, 7) is 1.99. The van der Waals surface area contributed by atoms with Crippen molar-refractivity contribution in [2.24, 2.45) is 5.73 Å². The molecule has 7 heteroatoms. The molecule has 0 saturated heterocycles. The molecule has 0 aromatic heterocycles. The topological polar surface area (TPSA) is 94.3 Å². The molecule has 1 aromatic carbocycles. The summed E-state index contributed by atoms with van der Waals surface area (Å²) >= 11 is 0. The van der Waals surface area contributed by atoms with Gasteiger partial charge in [-0.15, -0.1) is 0 Å². The van der Waals surface area contributed by atoms with Crippen molar-refractivity contribution in [2.75, 3.05) is 17.3 Å². The molecule has 0 fully saturated rings. The van der Waals surface area contributed by atoms with E-state index >= 15 is 0 Å². The average Bonchev–Trinajstić information content (AvgIpc) is 2.37. The van der Waals surface area contributed by atoms with Gasteiger partial charge in [0.15, 0.2) is 19.7 Å². The molecule has 0 aliphatic heterocycles. The fraction of sp³-hybridized carbons (Fsp3) is 0.500. The standard InChI is InChI=1S/C12H19NO4S2/c1-2-6-18(14,15)7-8-19(16,17)12-5-3-4-11(9-12)10-13/h3-5,9H,2,6-8,10,13H2,1H3. The van der Waals surface area contributed by atoms with Gasteiger partial charge in [-0.2, -0.15) is 0 Å². The predicted molar refractivity (Wildman–Crippen MR) is 75.3 cm³/mol. The van der Waals surface area contributed by atoms with Crippen molar-refractivity contribution < 1.29 is 16.8 Å². The van der Waals surface area contributed by atoms with Gasteiger partial charge in [0.2, 0.25) is 0 Å². The number of hydrogen-bond donors (Lipinski definition) is 1. The van der Waals surface area contributed by atoms with Crippen molar-refractivity contribution in [1.29, 1.82) is 0 Å². The van der Waals surface area contributed by atoms with Crippen LogP contribution in [0.3, 0.4) is 0 Å². The lowest BCUT2D eigenvalue weighted by Crippen LogP contribution is -2.19. The fourth-order valence-corrected chi connectivity index (χ4v) is 5.21. The van der Waals surface area contributed by atoms with Gasteiger partial charge in [-0.1, -0.05) is 19.1 Å². The van der Waals surface area contributed by atoms with E-state index in [1.165, 1.54) is 12.1 Å². The molecule has 0 bridgehead atoms. The third-order valence-corrected chi connectivity index (χ3v) is 6.50. The molecule has 0 heterocycles. The zero-order chi connectivity index (χ0) is 14.5. The Balaban J connectivity index is 2.87. The number of benzene rings is 1. The quantitative estimate of drug-likeness (QED) is 0.802. The average molecular weight is 305 g/mol. The minimum Gasteiger partial charge on any atom is -0.326 e. The van der Waals surface area contributed by atoms with Gasteiger partial charge in [0, 0.05) is 12.3 Å². The van der Waals surface area contributed by atoms with Crippen LogP contribution in [0.5, 0.6) is 0 Å². The third kappa shape index (κ3) is 4.93. The van der Waals surface area contributed by atoms with Crippen LogP contribution in [-0.2, 0) is 26.2 Å². The molecular formula is C12H19NO4S2. The van der Waals surface area contributed by atoms with Crippen molar-refractivity contribution in [3.8, 4) is 0 Å². The Morgan fingerprint density at radius 3 is 2.32 bits per heavy atom. The first-order valence-electron chi connectivity index (χ1n) is 6.03. The van der Waals surface area contributed by atoms with Crippen molar-refractivity contribution in [2.45, 2.75) is 24.8 Å². The van der Waals surface area contributed by atoms with Crippen LogP contribution in [0.15, 0.2) is 29.2 Å². The van der Waals surface area contributed by atoms with Crippen molar-refractivity contribution in [3.05, 3.63) is 29.8 Å². The van der Waals surface area contributed by atoms with Crippen molar-refractivity contribution >= 4 is 19.7 Å². The lowest BCUT2D eigenvalue weighted by Gasteiger charge is -2.06. The van der Waals surface area contributed by atoms with Gasteiger partial charge in [0.1, 0.15) is 0 Å². The first-order valence-corrected chi connectivity index (χ1v) is 9.50. The smallest absolute Gasteiger partial charge is 0.179 e. The molecular weight excluding hydrogens is 286 g/mol. The van der Waals surface area contributed by atoms with E-state index in [1.807, 2.05) is 0 Å². The second-order valence-corrected chi connectivity index (χ2v) is 8.74. The van der Waals surface area contributed by atoms with E-state index in [0.29, 0.717) is 12.0 Å². The first-order chi connectivity index (χ1) is 8.80. The van der Waals surface area contributed by atoms with E-state index in [-0.39, 0.29) is 28.7 Å². The lowest BCUT2D eigenvalue weighted by molar-refractivity contribution is 0.587. The number of nitrogens with two attached hydrogens (primary N) is 1. The summed E-state index contributed by atoms with van der Waals surface area (Å²) in [6, 6.07) is 6.28. The predicted octanol–water partition coefficient (Wildman–Crippen LogP) is 0.744. The Hall–Kier alpha value is -0.920. The highest BCUT2D eigenvalue weighted by Crippen LogP contribution is 2.14. The minimum absolute atomic E-state index is 0.0192. The van der Waals surface area contributed by atoms with Crippen LogP contribution in [0, 0.1) is 0 Å². The normalized spacial score (nSPS) is 12.5. The van der Waals surface area contributed by atoms with Crippen LogP contribution in [0.25, 0.3) is 0 Å². The maximum absolute atomic E-state index is 12.0. The molecule has 1 rings (SSSR count). The fourth-order valence-electron chi connectivity index (χ4n) is 1.63. The van der Waals surface area contributed by atoms with Crippen LogP contribution in [0.4, 0.5) is 0 Å². The van der Waals surface area contributed by atoms with Crippen LogP contribution in [0.1, 0.15) is 18.9 Å². The maximum atomic E-state index is 12.0. The molecule has 1 aromatic rings. The highest BCUT2D eigenvalue weighted by atomic mass is 32.2. The number of hydrogen-bond acceptors (Lipinski definition) is 5. The van der Waals surface area contributed by atoms with Gasteiger partial charge < -0.3 is 5.73 Å². The molecule has 0 spiro atoms. The summed E-state index contributed by atoms with van der Waals surface area (Å²) in [5.41, 5.74) is 6.16. The van der Waals surface area contributed by atoms with Gasteiger partial charge in [0.25, 0.3) is 0 Å². The summed E-state index contributed by atoms with van der Waals surface area (Å²) in [5.74, 6) is -0.704.